The third kappa shape index (κ3) is 3.68. The highest BCUT2D eigenvalue weighted by Gasteiger charge is 2.39. The molecule has 0 aliphatic carbocycles. The first kappa shape index (κ1) is 15.5. The number of rotatable bonds is 3. The summed E-state index contributed by atoms with van der Waals surface area (Å²) in [5.74, 6) is -1.54. The van der Waals surface area contributed by atoms with Crippen LogP contribution in [0.1, 0.15) is 40.5 Å². The van der Waals surface area contributed by atoms with Gasteiger partial charge >= 0.3 is 5.97 Å². The largest absolute Gasteiger partial charge is 0.480 e. The van der Waals surface area contributed by atoms with Gasteiger partial charge in [0.1, 0.15) is 12.1 Å². The lowest BCUT2D eigenvalue weighted by atomic mass is 9.94. The van der Waals surface area contributed by atoms with Crippen molar-refractivity contribution in [1.29, 1.82) is 0 Å². The highest BCUT2D eigenvalue weighted by atomic mass is 16.4. The molecule has 108 valence electrons. The number of hydrogen-bond donors (Lipinski definition) is 2. The van der Waals surface area contributed by atoms with Crippen molar-refractivity contribution in [1.82, 2.24) is 10.2 Å². The summed E-state index contributed by atoms with van der Waals surface area (Å²) in [4.78, 5) is 36.6. The van der Waals surface area contributed by atoms with Crippen LogP contribution in [0, 0.1) is 5.41 Å². The third-order valence-corrected chi connectivity index (χ3v) is 3.19. The zero-order valence-electron chi connectivity index (χ0n) is 11.9. The van der Waals surface area contributed by atoms with Gasteiger partial charge in [-0.15, -0.1) is 0 Å². The second-order valence-corrected chi connectivity index (χ2v) is 5.98. The molecule has 0 aromatic carbocycles. The van der Waals surface area contributed by atoms with E-state index in [0.717, 1.165) is 6.42 Å². The van der Waals surface area contributed by atoms with Gasteiger partial charge in [0, 0.05) is 12.0 Å². The van der Waals surface area contributed by atoms with Crippen molar-refractivity contribution in [3.05, 3.63) is 0 Å². The van der Waals surface area contributed by atoms with Crippen molar-refractivity contribution < 1.29 is 19.5 Å². The summed E-state index contributed by atoms with van der Waals surface area (Å²) in [5.41, 5.74) is -0.540. The number of likely N-dealkylation sites (tertiary alicyclic amines) is 1. The van der Waals surface area contributed by atoms with Crippen molar-refractivity contribution >= 4 is 17.8 Å². The molecule has 0 bridgehead atoms. The molecule has 19 heavy (non-hydrogen) atoms. The van der Waals surface area contributed by atoms with E-state index in [1.807, 2.05) is 20.8 Å². The molecule has 2 N–H and O–H groups in total. The first-order chi connectivity index (χ1) is 8.64. The summed E-state index contributed by atoms with van der Waals surface area (Å²) < 4.78 is 0. The van der Waals surface area contributed by atoms with Crippen LogP contribution in [-0.2, 0) is 14.4 Å². The molecule has 1 heterocycles. The number of nitrogens with one attached hydrogen (secondary N) is 1. The van der Waals surface area contributed by atoms with Gasteiger partial charge in [0.05, 0.1) is 0 Å². The van der Waals surface area contributed by atoms with E-state index in [9.17, 15) is 14.4 Å². The Bertz CT molecular complexity index is 387. The number of carbonyl (C=O) groups is 3. The molecule has 0 radical (unpaired) electrons. The van der Waals surface area contributed by atoms with E-state index in [2.05, 4.69) is 5.32 Å². The van der Waals surface area contributed by atoms with Gasteiger partial charge in [0.2, 0.25) is 11.8 Å². The van der Waals surface area contributed by atoms with E-state index in [0.29, 0.717) is 13.0 Å². The summed E-state index contributed by atoms with van der Waals surface area (Å²) in [6.07, 6.45) is 1.35. The van der Waals surface area contributed by atoms with E-state index in [1.165, 1.54) is 6.92 Å². The predicted octanol–water partition coefficient (Wildman–Crippen LogP) is 0.613. The first-order valence-corrected chi connectivity index (χ1v) is 6.49. The molecular formula is C13H22N2O4. The molecule has 1 aliphatic heterocycles. The fraction of sp³-hybridized carbons (Fsp3) is 0.769. The highest BCUT2D eigenvalue weighted by molar-refractivity contribution is 5.92. The Morgan fingerprint density at radius 1 is 1.32 bits per heavy atom. The van der Waals surface area contributed by atoms with Crippen LogP contribution in [0.3, 0.4) is 0 Å². The molecule has 1 fully saturated rings. The van der Waals surface area contributed by atoms with Crippen LogP contribution in [0.25, 0.3) is 0 Å². The molecule has 2 atom stereocenters. The summed E-state index contributed by atoms with van der Waals surface area (Å²) >= 11 is 0. The molecule has 1 aliphatic rings. The Labute approximate surface area is 113 Å². The van der Waals surface area contributed by atoms with Crippen molar-refractivity contribution in [3.8, 4) is 0 Å². The lowest BCUT2D eigenvalue weighted by Crippen LogP contribution is -2.52. The van der Waals surface area contributed by atoms with Gasteiger partial charge in [0.15, 0.2) is 0 Å². The lowest BCUT2D eigenvalue weighted by Gasteiger charge is -2.30. The fourth-order valence-electron chi connectivity index (χ4n) is 2.08. The summed E-state index contributed by atoms with van der Waals surface area (Å²) in [6.45, 7) is 7.38. The SMILES string of the molecule is C[C@@H](NC(=O)C1CCCN1C(=O)C(C)(C)C)C(=O)O. The number of amides is 2. The summed E-state index contributed by atoms with van der Waals surface area (Å²) in [7, 11) is 0. The minimum atomic E-state index is -1.08. The van der Waals surface area contributed by atoms with Gasteiger partial charge < -0.3 is 15.3 Å². The van der Waals surface area contributed by atoms with Crippen molar-refractivity contribution in [2.75, 3.05) is 6.54 Å². The molecule has 6 nitrogen and oxygen atoms in total. The number of carboxylic acid groups (broad SMARTS) is 1. The van der Waals surface area contributed by atoms with E-state index < -0.39 is 23.5 Å². The second-order valence-electron chi connectivity index (χ2n) is 5.98. The van der Waals surface area contributed by atoms with Crippen molar-refractivity contribution in [2.24, 2.45) is 5.41 Å². The molecular weight excluding hydrogens is 248 g/mol. The molecule has 0 aromatic heterocycles. The Morgan fingerprint density at radius 3 is 2.37 bits per heavy atom. The zero-order valence-corrected chi connectivity index (χ0v) is 11.9. The Hall–Kier alpha value is -1.59. The van der Waals surface area contributed by atoms with Crippen LogP contribution >= 0.6 is 0 Å². The zero-order chi connectivity index (χ0) is 14.8. The maximum Gasteiger partial charge on any atom is 0.325 e. The van der Waals surface area contributed by atoms with E-state index in [4.69, 9.17) is 5.11 Å². The number of nitrogens with zero attached hydrogens (tertiary/aromatic N) is 1. The predicted molar refractivity (Wildman–Crippen MR) is 69.4 cm³/mol. The van der Waals surface area contributed by atoms with Gasteiger partial charge in [-0.1, -0.05) is 20.8 Å². The second kappa shape index (κ2) is 5.59. The normalized spacial score (nSPS) is 21.1. The van der Waals surface area contributed by atoms with E-state index >= 15 is 0 Å². The molecule has 1 unspecified atom stereocenters. The monoisotopic (exact) mass is 270 g/mol. The molecule has 0 aromatic rings. The van der Waals surface area contributed by atoms with Gasteiger partial charge in [0.25, 0.3) is 0 Å². The van der Waals surface area contributed by atoms with Crippen LogP contribution in [0.15, 0.2) is 0 Å². The van der Waals surface area contributed by atoms with Crippen LogP contribution in [0.4, 0.5) is 0 Å². The van der Waals surface area contributed by atoms with Crippen LogP contribution in [-0.4, -0.2) is 46.4 Å². The van der Waals surface area contributed by atoms with Crippen LogP contribution in [0.2, 0.25) is 0 Å². The maximum atomic E-state index is 12.2. The minimum absolute atomic E-state index is 0.0758. The highest BCUT2D eigenvalue weighted by Crippen LogP contribution is 2.25. The molecule has 1 saturated heterocycles. The van der Waals surface area contributed by atoms with Crippen LogP contribution < -0.4 is 5.32 Å². The summed E-state index contributed by atoms with van der Waals surface area (Å²) in [5, 5.41) is 11.2. The lowest BCUT2D eigenvalue weighted by molar-refractivity contribution is -0.146. The number of carbonyl (C=O) groups excluding carboxylic acids is 2. The fourth-order valence-corrected chi connectivity index (χ4v) is 2.08. The number of hydrogen-bond acceptors (Lipinski definition) is 3. The first-order valence-electron chi connectivity index (χ1n) is 6.49. The van der Waals surface area contributed by atoms with E-state index in [1.54, 1.807) is 4.90 Å². The minimum Gasteiger partial charge on any atom is -0.480 e. The van der Waals surface area contributed by atoms with Crippen LogP contribution in [0.5, 0.6) is 0 Å². The average Bonchev–Trinajstić information content (AvgIpc) is 2.74. The third-order valence-electron chi connectivity index (χ3n) is 3.19. The van der Waals surface area contributed by atoms with Gasteiger partial charge in [-0.25, -0.2) is 0 Å². The smallest absolute Gasteiger partial charge is 0.325 e. The maximum absolute atomic E-state index is 12.2. The quantitative estimate of drug-likeness (QED) is 0.786. The molecule has 1 rings (SSSR count). The Kier molecular flexibility index (Phi) is 4.55. The summed E-state index contributed by atoms with van der Waals surface area (Å²) in [6, 6.07) is -1.49. The van der Waals surface area contributed by atoms with Crippen molar-refractivity contribution in [2.45, 2.75) is 52.6 Å². The molecule has 6 heteroatoms. The van der Waals surface area contributed by atoms with Gasteiger partial charge in [-0.3, -0.25) is 14.4 Å². The molecule has 0 spiro atoms. The average molecular weight is 270 g/mol. The standard InChI is InChI=1S/C13H22N2O4/c1-8(11(17)18)14-10(16)9-6-5-7-15(9)12(19)13(2,3)4/h8-9H,5-7H2,1-4H3,(H,14,16)(H,17,18)/t8-,9?/m1/s1. The Balaban J connectivity index is 2.74. The topological polar surface area (TPSA) is 86.7 Å². The molecule has 0 saturated carbocycles. The van der Waals surface area contributed by atoms with Gasteiger partial charge in [-0.05, 0) is 19.8 Å². The molecule has 2 amide bonds. The van der Waals surface area contributed by atoms with Crippen molar-refractivity contribution in [3.63, 3.8) is 0 Å². The number of aliphatic carboxylic acids is 1. The number of carboxylic acids is 1. The van der Waals surface area contributed by atoms with E-state index in [-0.39, 0.29) is 11.8 Å². The Morgan fingerprint density at radius 2 is 1.89 bits per heavy atom. The van der Waals surface area contributed by atoms with Gasteiger partial charge in [-0.2, -0.15) is 0 Å².